The summed E-state index contributed by atoms with van der Waals surface area (Å²) in [6.07, 6.45) is 0. The Labute approximate surface area is 175 Å². The zero-order valence-corrected chi connectivity index (χ0v) is 17.4. The Bertz CT molecular complexity index is 949. The standard InChI is InChI=1S/C23H26FN3O3/c1-15(2)22(29)25-19-7-4-17(5-8-19)23(30)27-12-10-26(11-13-27)21-9-6-18(16(3)28)14-20(21)24/h4-9,14-15H,10-13H2,1-3H3,(H,25,29). The summed E-state index contributed by atoms with van der Waals surface area (Å²) in [5.41, 5.74) is 1.98. The lowest BCUT2D eigenvalue weighted by Crippen LogP contribution is -2.49. The first-order chi connectivity index (χ1) is 14.3. The molecule has 0 radical (unpaired) electrons. The lowest BCUT2D eigenvalue weighted by atomic mass is 10.1. The van der Waals surface area contributed by atoms with Crippen LogP contribution in [0.3, 0.4) is 0 Å². The molecule has 2 amide bonds. The van der Waals surface area contributed by atoms with E-state index in [1.165, 1.54) is 13.0 Å². The van der Waals surface area contributed by atoms with Crippen molar-refractivity contribution in [3.63, 3.8) is 0 Å². The lowest BCUT2D eigenvalue weighted by molar-refractivity contribution is -0.118. The molecule has 6 nitrogen and oxygen atoms in total. The first kappa shape index (κ1) is 21.5. The van der Waals surface area contributed by atoms with Gasteiger partial charge in [-0.2, -0.15) is 0 Å². The van der Waals surface area contributed by atoms with E-state index in [0.717, 1.165) is 0 Å². The van der Waals surface area contributed by atoms with Gasteiger partial charge in [-0.05, 0) is 49.4 Å². The first-order valence-corrected chi connectivity index (χ1v) is 10.0. The van der Waals surface area contributed by atoms with Gasteiger partial charge in [0.2, 0.25) is 5.91 Å². The Morgan fingerprint density at radius 1 is 0.933 bits per heavy atom. The fourth-order valence-electron chi connectivity index (χ4n) is 3.30. The number of nitrogens with one attached hydrogen (secondary N) is 1. The molecule has 0 atom stereocenters. The maximum Gasteiger partial charge on any atom is 0.253 e. The van der Waals surface area contributed by atoms with Gasteiger partial charge in [0.05, 0.1) is 5.69 Å². The van der Waals surface area contributed by atoms with Crippen LogP contribution in [0.1, 0.15) is 41.5 Å². The third-order valence-corrected chi connectivity index (χ3v) is 5.19. The average Bonchev–Trinajstić information content (AvgIpc) is 2.73. The van der Waals surface area contributed by atoms with Crippen LogP contribution in [0.4, 0.5) is 15.8 Å². The van der Waals surface area contributed by atoms with E-state index in [1.54, 1.807) is 41.3 Å². The van der Waals surface area contributed by atoms with Crippen LogP contribution >= 0.6 is 0 Å². The summed E-state index contributed by atoms with van der Waals surface area (Å²) in [6.45, 7) is 6.99. The molecule has 0 spiro atoms. The predicted octanol–water partition coefficient (Wildman–Crippen LogP) is 3.59. The van der Waals surface area contributed by atoms with E-state index in [9.17, 15) is 18.8 Å². The van der Waals surface area contributed by atoms with Crippen molar-refractivity contribution in [2.24, 2.45) is 5.92 Å². The van der Waals surface area contributed by atoms with Crippen molar-refractivity contribution < 1.29 is 18.8 Å². The van der Waals surface area contributed by atoms with Crippen molar-refractivity contribution >= 4 is 29.0 Å². The Balaban J connectivity index is 1.60. The van der Waals surface area contributed by atoms with Crippen LogP contribution in [0.15, 0.2) is 42.5 Å². The highest BCUT2D eigenvalue weighted by atomic mass is 19.1. The normalized spacial score (nSPS) is 14.0. The van der Waals surface area contributed by atoms with Gasteiger partial charge in [0.1, 0.15) is 5.82 Å². The summed E-state index contributed by atoms with van der Waals surface area (Å²) >= 11 is 0. The molecule has 1 aliphatic heterocycles. The molecule has 158 valence electrons. The number of hydrogen-bond donors (Lipinski definition) is 1. The molecule has 7 heteroatoms. The van der Waals surface area contributed by atoms with Gasteiger partial charge in [-0.25, -0.2) is 4.39 Å². The molecular weight excluding hydrogens is 385 g/mol. The summed E-state index contributed by atoms with van der Waals surface area (Å²) in [7, 11) is 0. The van der Waals surface area contributed by atoms with E-state index >= 15 is 0 Å². The summed E-state index contributed by atoms with van der Waals surface area (Å²) < 4.78 is 14.4. The largest absolute Gasteiger partial charge is 0.366 e. The monoisotopic (exact) mass is 411 g/mol. The molecule has 1 heterocycles. The third kappa shape index (κ3) is 4.84. The minimum Gasteiger partial charge on any atom is -0.366 e. The number of carbonyl (C=O) groups excluding carboxylic acids is 3. The quantitative estimate of drug-likeness (QED) is 0.764. The molecule has 1 saturated heterocycles. The average molecular weight is 411 g/mol. The number of halogens is 1. The Kier molecular flexibility index (Phi) is 6.50. The zero-order chi connectivity index (χ0) is 21.8. The number of amides is 2. The fraction of sp³-hybridized carbons (Fsp3) is 0.348. The second kappa shape index (κ2) is 9.07. The van der Waals surface area contributed by atoms with Crippen LogP contribution in [-0.2, 0) is 4.79 Å². The van der Waals surface area contributed by atoms with Crippen molar-refractivity contribution in [3.8, 4) is 0 Å². The number of anilines is 2. The molecule has 1 N–H and O–H groups in total. The van der Waals surface area contributed by atoms with E-state index in [2.05, 4.69) is 5.32 Å². The Morgan fingerprint density at radius 2 is 1.53 bits per heavy atom. The van der Waals surface area contributed by atoms with Crippen LogP contribution in [0, 0.1) is 11.7 Å². The minimum absolute atomic E-state index is 0.0752. The van der Waals surface area contributed by atoms with Crippen LogP contribution in [-0.4, -0.2) is 48.7 Å². The number of rotatable bonds is 5. The van der Waals surface area contributed by atoms with Gasteiger partial charge in [0.15, 0.2) is 5.78 Å². The highest BCUT2D eigenvalue weighted by Crippen LogP contribution is 2.23. The molecule has 3 rings (SSSR count). The first-order valence-electron chi connectivity index (χ1n) is 10.0. The summed E-state index contributed by atoms with van der Waals surface area (Å²) in [6, 6.07) is 11.3. The maximum atomic E-state index is 14.4. The molecule has 2 aromatic rings. The fourth-order valence-corrected chi connectivity index (χ4v) is 3.30. The van der Waals surface area contributed by atoms with Crippen molar-refractivity contribution in [1.29, 1.82) is 0 Å². The van der Waals surface area contributed by atoms with Gasteiger partial charge >= 0.3 is 0 Å². The number of piperazine rings is 1. The number of nitrogens with zero attached hydrogens (tertiary/aromatic N) is 2. The topological polar surface area (TPSA) is 69.7 Å². The van der Waals surface area contributed by atoms with E-state index in [1.807, 2.05) is 18.7 Å². The Hall–Kier alpha value is -3.22. The number of ketones is 1. The van der Waals surface area contributed by atoms with Crippen LogP contribution in [0.2, 0.25) is 0 Å². The van der Waals surface area contributed by atoms with Crippen molar-refractivity contribution in [1.82, 2.24) is 4.90 Å². The van der Waals surface area contributed by atoms with E-state index < -0.39 is 5.82 Å². The van der Waals surface area contributed by atoms with Gasteiger partial charge < -0.3 is 15.1 Å². The minimum atomic E-state index is -0.429. The number of benzene rings is 2. The van der Waals surface area contributed by atoms with Crippen molar-refractivity contribution in [3.05, 3.63) is 59.4 Å². The van der Waals surface area contributed by atoms with Crippen LogP contribution in [0.5, 0.6) is 0 Å². The molecular formula is C23H26FN3O3. The molecule has 30 heavy (non-hydrogen) atoms. The van der Waals surface area contributed by atoms with Crippen molar-refractivity contribution in [2.75, 3.05) is 36.4 Å². The predicted molar refractivity (Wildman–Crippen MR) is 114 cm³/mol. The molecule has 0 unspecified atom stereocenters. The van der Waals surface area contributed by atoms with E-state index in [-0.39, 0.29) is 23.5 Å². The van der Waals surface area contributed by atoms with E-state index in [0.29, 0.717) is 48.7 Å². The molecule has 2 aromatic carbocycles. The second-order valence-corrected chi connectivity index (χ2v) is 7.72. The highest BCUT2D eigenvalue weighted by molar-refractivity contribution is 5.96. The smallest absolute Gasteiger partial charge is 0.253 e. The zero-order valence-electron chi connectivity index (χ0n) is 17.4. The molecule has 1 aliphatic rings. The number of hydrogen-bond acceptors (Lipinski definition) is 4. The van der Waals surface area contributed by atoms with Gasteiger partial charge in [-0.15, -0.1) is 0 Å². The highest BCUT2D eigenvalue weighted by Gasteiger charge is 2.24. The summed E-state index contributed by atoms with van der Waals surface area (Å²) in [5, 5.41) is 2.80. The number of Topliss-reactive ketones (excluding diaryl/α,β-unsaturated/α-hetero) is 1. The van der Waals surface area contributed by atoms with Crippen LogP contribution < -0.4 is 10.2 Å². The van der Waals surface area contributed by atoms with Crippen molar-refractivity contribution in [2.45, 2.75) is 20.8 Å². The van der Waals surface area contributed by atoms with Gasteiger partial charge in [0.25, 0.3) is 5.91 Å². The molecule has 0 saturated carbocycles. The van der Waals surface area contributed by atoms with Gasteiger partial charge in [-0.1, -0.05) is 13.8 Å². The van der Waals surface area contributed by atoms with Gasteiger partial charge in [0, 0.05) is 48.9 Å². The molecule has 1 fully saturated rings. The van der Waals surface area contributed by atoms with Gasteiger partial charge in [-0.3, -0.25) is 14.4 Å². The molecule has 0 bridgehead atoms. The van der Waals surface area contributed by atoms with Crippen LogP contribution in [0.25, 0.3) is 0 Å². The SMILES string of the molecule is CC(=O)c1ccc(N2CCN(C(=O)c3ccc(NC(=O)C(C)C)cc3)CC2)c(F)c1. The lowest BCUT2D eigenvalue weighted by Gasteiger charge is -2.36. The maximum absolute atomic E-state index is 14.4. The molecule has 0 aliphatic carbocycles. The third-order valence-electron chi connectivity index (χ3n) is 5.19. The summed E-state index contributed by atoms with van der Waals surface area (Å²) in [5.74, 6) is -0.893. The molecule has 0 aromatic heterocycles. The second-order valence-electron chi connectivity index (χ2n) is 7.72. The Morgan fingerprint density at radius 3 is 2.07 bits per heavy atom. The summed E-state index contributed by atoms with van der Waals surface area (Å²) in [4.78, 5) is 39.6. The number of carbonyl (C=O) groups is 3. The van der Waals surface area contributed by atoms with E-state index in [4.69, 9.17) is 0 Å².